The number of hydrogen-bond donors (Lipinski definition) is 1. The van der Waals surface area contributed by atoms with Crippen molar-refractivity contribution in [2.75, 3.05) is 6.61 Å². The molecular weight excluding hydrogens is 428 g/mol. The summed E-state index contributed by atoms with van der Waals surface area (Å²) in [6.45, 7) is 4.59. The van der Waals surface area contributed by atoms with Crippen molar-refractivity contribution in [1.82, 2.24) is 0 Å². The molecule has 1 heterocycles. The van der Waals surface area contributed by atoms with Gasteiger partial charge in [-0.25, -0.2) is 4.79 Å². The number of ether oxygens (including phenoxy) is 3. The van der Waals surface area contributed by atoms with Crippen LogP contribution in [0, 0.1) is 11.3 Å². The standard InChI is InChI=1S/C28H26N2O4/c1-3-15-32-24-8-6-5-7-22(24)28(31)33-20-13-14-21-25(16-20)34-27(30)23(17-29)26(21)19-11-9-18(4-2)10-12-19/h5-14,16,26H,3-4,15,30H2,1-2H3. The fourth-order valence-corrected chi connectivity index (χ4v) is 3.92. The van der Waals surface area contributed by atoms with Crippen molar-refractivity contribution in [2.24, 2.45) is 5.73 Å². The molecule has 4 rings (SSSR count). The third-order valence-corrected chi connectivity index (χ3v) is 5.69. The minimum absolute atomic E-state index is 0.0429. The van der Waals surface area contributed by atoms with Gasteiger partial charge in [-0.1, -0.05) is 56.3 Å². The van der Waals surface area contributed by atoms with Crippen LogP contribution in [0.15, 0.2) is 78.2 Å². The first-order chi connectivity index (χ1) is 16.5. The smallest absolute Gasteiger partial charge is 0.347 e. The molecule has 1 atom stereocenters. The highest BCUT2D eigenvalue weighted by Gasteiger charge is 2.31. The molecule has 0 saturated carbocycles. The van der Waals surface area contributed by atoms with E-state index in [1.807, 2.05) is 37.3 Å². The number of benzene rings is 3. The molecule has 3 aromatic carbocycles. The molecule has 34 heavy (non-hydrogen) atoms. The summed E-state index contributed by atoms with van der Waals surface area (Å²) in [7, 11) is 0. The van der Waals surface area contributed by atoms with Gasteiger partial charge in [0.2, 0.25) is 5.88 Å². The molecule has 1 aliphatic heterocycles. The quantitative estimate of drug-likeness (QED) is 0.375. The second kappa shape index (κ2) is 10.1. The lowest BCUT2D eigenvalue weighted by molar-refractivity contribution is 0.0730. The lowest BCUT2D eigenvalue weighted by atomic mass is 9.83. The first-order valence-corrected chi connectivity index (χ1v) is 11.3. The van der Waals surface area contributed by atoms with Gasteiger partial charge >= 0.3 is 5.97 Å². The number of esters is 1. The molecule has 0 bridgehead atoms. The summed E-state index contributed by atoms with van der Waals surface area (Å²) in [6.07, 6.45) is 1.75. The van der Waals surface area contributed by atoms with Crippen LogP contribution in [-0.2, 0) is 6.42 Å². The Balaban J connectivity index is 1.64. The Labute approximate surface area is 199 Å². The van der Waals surface area contributed by atoms with Gasteiger partial charge in [0.05, 0.1) is 12.5 Å². The fraction of sp³-hybridized carbons (Fsp3) is 0.214. The number of nitrogens with zero attached hydrogens (tertiary/aromatic N) is 1. The van der Waals surface area contributed by atoms with E-state index in [9.17, 15) is 10.1 Å². The first kappa shape index (κ1) is 22.9. The monoisotopic (exact) mass is 454 g/mol. The molecule has 0 radical (unpaired) electrons. The highest BCUT2D eigenvalue weighted by Crippen LogP contribution is 2.43. The predicted molar refractivity (Wildman–Crippen MR) is 129 cm³/mol. The van der Waals surface area contributed by atoms with Crippen LogP contribution < -0.4 is 19.9 Å². The van der Waals surface area contributed by atoms with Crippen LogP contribution in [0.1, 0.15) is 53.2 Å². The largest absolute Gasteiger partial charge is 0.493 e. The van der Waals surface area contributed by atoms with Crippen molar-refractivity contribution in [2.45, 2.75) is 32.6 Å². The SMILES string of the molecule is CCCOc1ccccc1C(=O)Oc1ccc2c(c1)OC(N)=C(C#N)C2c1ccc(CC)cc1. The molecule has 0 spiro atoms. The van der Waals surface area contributed by atoms with Crippen molar-refractivity contribution in [3.05, 3.63) is 100 Å². The number of carbonyl (C=O) groups excluding carboxylic acids is 1. The maximum absolute atomic E-state index is 12.9. The van der Waals surface area contributed by atoms with Crippen molar-refractivity contribution < 1.29 is 19.0 Å². The van der Waals surface area contributed by atoms with Crippen LogP contribution in [0.3, 0.4) is 0 Å². The Morgan fingerprint density at radius 1 is 1.09 bits per heavy atom. The molecule has 1 unspecified atom stereocenters. The number of carbonyl (C=O) groups is 1. The van der Waals surface area contributed by atoms with Crippen LogP contribution in [-0.4, -0.2) is 12.6 Å². The Morgan fingerprint density at radius 3 is 2.56 bits per heavy atom. The van der Waals surface area contributed by atoms with Crippen molar-refractivity contribution in [3.8, 4) is 23.3 Å². The summed E-state index contributed by atoms with van der Waals surface area (Å²) < 4.78 is 17.1. The minimum atomic E-state index is -0.532. The molecule has 3 aromatic rings. The Bertz CT molecular complexity index is 1270. The Kier molecular flexibility index (Phi) is 6.84. The number of allylic oxidation sites excluding steroid dienone is 1. The van der Waals surface area contributed by atoms with Crippen LogP contribution >= 0.6 is 0 Å². The van der Waals surface area contributed by atoms with Gasteiger partial charge in [0.15, 0.2) is 0 Å². The summed E-state index contributed by atoms with van der Waals surface area (Å²) in [5.74, 6) is 0.374. The number of nitrogens with two attached hydrogens (primary N) is 1. The third-order valence-electron chi connectivity index (χ3n) is 5.69. The van der Waals surface area contributed by atoms with Gasteiger partial charge in [-0.2, -0.15) is 5.26 Å². The molecule has 2 N–H and O–H groups in total. The number of fused-ring (bicyclic) bond motifs is 1. The van der Waals surface area contributed by atoms with E-state index in [0.717, 1.165) is 24.0 Å². The van der Waals surface area contributed by atoms with Gasteiger partial charge < -0.3 is 19.9 Å². The van der Waals surface area contributed by atoms with Gasteiger partial charge in [0.25, 0.3) is 0 Å². The van der Waals surface area contributed by atoms with Crippen molar-refractivity contribution in [3.63, 3.8) is 0 Å². The summed E-state index contributed by atoms with van der Waals surface area (Å²) in [5, 5.41) is 9.76. The zero-order chi connectivity index (χ0) is 24.1. The van der Waals surface area contributed by atoms with Crippen molar-refractivity contribution in [1.29, 1.82) is 5.26 Å². The predicted octanol–water partition coefficient (Wildman–Crippen LogP) is 5.48. The molecule has 0 saturated heterocycles. The lowest BCUT2D eigenvalue weighted by Crippen LogP contribution is -2.21. The molecule has 0 aromatic heterocycles. The van der Waals surface area contributed by atoms with E-state index in [-0.39, 0.29) is 11.8 Å². The van der Waals surface area contributed by atoms with Gasteiger partial charge in [0.1, 0.15) is 34.5 Å². The first-order valence-electron chi connectivity index (χ1n) is 11.3. The van der Waals surface area contributed by atoms with Gasteiger partial charge in [-0.15, -0.1) is 0 Å². The third kappa shape index (κ3) is 4.60. The van der Waals surface area contributed by atoms with E-state index in [1.54, 1.807) is 36.4 Å². The topological polar surface area (TPSA) is 94.6 Å². The van der Waals surface area contributed by atoms with E-state index >= 15 is 0 Å². The minimum Gasteiger partial charge on any atom is -0.493 e. The number of aryl methyl sites for hydroxylation is 1. The summed E-state index contributed by atoms with van der Waals surface area (Å²) in [5.41, 5.74) is 9.72. The molecule has 0 amide bonds. The maximum atomic E-state index is 12.9. The highest BCUT2D eigenvalue weighted by molar-refractivity contribution is 5.94. The molecule has 0 fully saturated rings. The van der Waals surface area contributed by atoms with Crippen LogP contribution in [0.2, 0.25) is 0 Å². The Morgan fingerprint density at radius 2 is 1.85 bits per heavy atom. The number of nitriles is 1. The molecule has 6 nitrogen and oxygen atoms in total. The average Bonchev–Trinajstić information content (AvgIpc) is 2.86. The second-order valence-corrected chi connectivity index (χ2v) is 7.95. The number of para-hydroxylation sites is 1. The zero-order valence-electron chi connectivity index (χ0n) is 19.2. The molecule has 0 aliphatic carbocycles. The van der Waals surface area contributed by atoms with Crippen LogP contribution in [0.4, 0.5) is 0 Å². The normalized spacial score (nSPS) is 14.6. The lowest BCUT2D eigenvalue weighted by Gasteiger charge is -2.27. The van der Waals surface area contributed by atoms with E-state index in [4.69, 9.17) is 19.9 Å². The number of rotatable bonds is 7. The summed E-state index contributed by atoms with van der Waals surface area (Å²) >= 11 is 0. The molecular formula is C28H26N2O4. The number of hydrogen-bond acceptors (Lipinski definition) is 6. The van der Waals surface area contributed by atoms with Gasteiger partial charge in [0, 0.05) is 11.6 Å². The van der Waals surface area contributed by atoms with E-state index in [0.29, 0.717) is 35.0 Å². The van der Waals surface area contributed by atoms with Crippen LogP contribution in [0.25, 0.3) is 0 Å². The zero-order valence-corrected chi connectivity index (χ0v) is 19.2. The van der Waals surface area contributed by atoms with E-state index < -0.39 is 5.97 Å². The Hall–Kier alpha value is -4.24. The fourth-order valence-electron chi connectivity index (χ4n) is 3.92. The summed E-state index contributed by atoms with van der Waals surface area (Å²) in [6, 6.07) is 22.4. The van der Waals surface area contributed by atoms with E-state index in [1.165, 1.54) is 5.56 Å². The summed E-state index contributed by atoms with van der Waals surface area (Å²) in [4.78, 5) is 12.9. The van der Waals surface area contributed by atoms with Gasteiger partial charge in [-0.05, 0) is 42.2 Å². The molecule has 1 aliphatic rings. The van der Waals surface area contributed by atoms with Crippen LogP contribution in [0.5, 0.6) is 17.2 Å². The van der Waals surface area contributed by atoms with Gasteiger partial charge in [-0.3, -0.25) is 0 Å². The second-order valence-electron chi connectivity index (χ2n) is 7.95. The average molecular weight is 455 g/mol. The molecule has 6 heteroatoms. The molecule has 172 valence electrons. The highest BCUT2D eigenvalue weighted by atomic mass is 16.5. The van der Waals surface area contributed by atoms with Crippen molar-refractivity contribution >= 4 is 5.97 Å². The van der Waals surface area contributed by atoms with E-state index in [2.05, 4.69) is 13.0 Å². The maximum Gasteiger partial charge on any atom is 0.347 e.